The van der Waals surface area contributed by atoms with Crippen LogP contribution in [0.3, 0.4) is 0 Å². The molecule has 10 nitrogen and oxygen atoms in total. The van der Waals surface area contributed by atoms with E-state index in [1.807, 2.05) is 13.8 Å². The van der Waals surface area contributed by atoms with Crippen molar-refractivity contribution in [3.05, 3.63) is 76.3 Å². The standard InChI is InChI=1S/C31H37Cl2N3O7S/c1-20(2)17-34-31(38)21(3)35(18-22-7-9-23(32)10-8-22)30(37)19-36(26-15-24(33)11-13-27(26)41-4)44(39,40)25-12-14-28(42-5)29(16-25)43-6/h7-16,20-21H,17-19H2,1-6H3,(H,34,38)/t21-/m1/s1. The maximum Gasteiger partial charge on any atom is 0.265 e. The van der Waals surface area contributed by atoms with Crippen LogP contribution in [0.15, 0.2) is 65.6 Å². The lowest BCUT2D eigenvalue weighted by Crippen LogP contribution is -2.51. The van der Waals surface area contributed by atoms with Gasteiger partial charge in [-0.05, 0) is 60.9 Å². The van der Waals surface area contributed by atoms with Crippen molar-refractivity contribution in [2.75, 3.05) is 38.7 Å². The van der Waals surface area contributed by atoms with Crippen molar-refractivity contribution in [2.45, 2.75) is 38.3 Å². The number of halogens is 2. The molecule has 0 unspecified atom stereocenters. The second kappa shape index (κ2) is 15.4. The first-order valence-electron chi connectivity index (χ1n) is 13.7. The van der Waals surface area contributed by atoms with Crippen LogP contribution in [0.25, 0.3) is 0 Å². The molecule has 1 atom stereocenters. The summed E-state index contributed by atoms with van der Waals surface area (Å²) in [5, 5.41) is 3.58. The van der Waals surface area contributed by atoms with E-state index in [-0.39, 0.29) is 45.5 Å². The molecule has 238 valence electrons. The minimum atomic E-state index is -4.44. The molecule has 0 saturated heterocycles. The zero-order chi connectivity index (χ0) is 32.6. The fraction of sp³-hybridized carbons (Fsp3) is 0.355. The zero-order valence-corrected chi connectivity index (χ0v) is 27.8. The summed E-state index contributed by atoms with van der Waals surface area (Å²) >= 11 is 12.4. The fourth-order valence-electron chi connectivity index (χ4n) is 4.30. The minimum absolute atomic E-state index is 0.0171. The van der Waals surface area contributed by atoms with Crippen molar-refractivity contribution in [3.8, 4) is 17.2 Å². The molecule has 0 aliphatic heterocycles. The Bertz CT molecular complexity index is 1570. The van der Waals surface area contributed by atoms with Gasteiger partial charge in [0.15, 0.2) is 11.5 Å². The largest absolute Gasteiger partial charge is 0.495 e. The summed E-state index contributed by atoms with van der Waals surface area (Å²) in [5.74, 6) is -0.168. The van der Waals surface area contributed by atoms with Gasteiger partial charge < -0.3 is 24.4 Å². The molecule has 0 aromatic heterocycles. The monoisotopic (exact) mass is 665 g/mol. The molecular weight excluding hydrogens is 629 g/mol. The molecular formula is C31H37Cl2N3O7S. The second-order valence-corrected chi connectivity index (χ2v) is 13.0. The zero-order valence-electron chi connectivity index (χ0n) is 25.5. The van der Waals surface area contributed by atoms with Crippen LogP contribution in [-0.2, 0) is 26.2 Å². The van der Waals surface area contributed by atoms with Gasteiger partial charge in [0.1, 0.15) is 18.3 Å². The van der Waals surface area contributed by atoms with Crippen LogP contribution < -0.4 is 23.8 Å². The number of anilines is 1. The van der Waals surface area contributed by atoms with Gasteiger partial charge >= 0.3 is 0 Å². The Hall–Kier alpha value is -3.67. The Labute approximate surface area is 268 Å². The molecule has 0 aliphatic carbocycles. The minimum Gasteiger partial charge on any atom is -0.495 e. The number of sulfonamides is 1. The fourth-order valence-corrected chi connectivity index (χ4v) is 6.02. The first-order valence-corrected chi connectivity index (χ1v) is 15.9. The average Bonchev–Trinajstić information content (AvgIpc) is 3.01. The topological polar surface area (TPSA) is 114 Å². The highest BCUT2D eigenvalue weighted by atomic mass is 35.5. The molecule has 0 spiro atoms. The van der Waals surface area contributed by atoms with E-state index >= 15 is 0 Å². The maximum atomic E-state index is 14.3. The number of methoxy groups -OCH3 is 3. The number of carbonyl (C=O) groups is 2. The molecule has 3 aromatic rings. The number of hydrogen-bond donors (Lipinski definition) is 1. The average molecular weight is 667 g/mol. The van der Waals surface area contributed by atoms with E-state index in [1.165, 1.54) is 56.6 Å². The highest BCUT2D eigenvalue weighted by Gasteiger charge is 2.34. The quantitative estimate of drug-likeness (QED) is 0.245. The summed E-state index contributed by atoms with van der Waals surface area (Å²) < 4.78 is 45.5. The molecule has 0 fully saturated rings. The highest BCUT2D eigenvalue weighted by Crippen LogP contribution is 2.37. The van der Waals surface area contributed by atoms with Crippen molar-refractivity contribution in [1.29, 1.82) is 0 Å². The number of nitrogens with zero attached hydrogens (tertiary/aromatic N) is 2. The molecule has 2 amide bonds. The van der Waals surface area contributed by atoms with Crippen molar-refractivity contribution in [3.63, 3.8) is 0 Å². The van der Waals surface area contributed by atoms with Crippen LogP contribution in [0.4, 0.5) is 5.69 Å². The summed E-state index contributed by atoms with van der Waals surface area (Å²) in [4.78, 5) is 28.5. The predicted octanol–water partition coefficient (Wildman–Crippen LogP) is 5.40. The van der Waals surface area contributed by atoms with Gasteiger partial charge in [0.25, 0.3) is 10.0 Å². The normalized spacial score (nSPS) is 11.9. The van der Waals surface area contributed by atoms with Gasteiger partial charge in [-0.25, -0.2) is 8.42 Å². The van der Waals surface area contributed by atoms with Crippen LogP contribution in [0, 0.1) is 5.92 Å². The van der Waals surface area contributed by atoms with Gasteiger partial charge in [-0.2, -0.15) is 0 Å². The number of nitrogens with one attached hydrogen (secondary N) is 1. The Kier molecular flexibility index (Phi) is 12.2. The first-order chi connectivity index (χ1) is 20.8. The van der Waals surface area contributed by atoms with Crippen molar-refractivity contribution in [2.24, 2.45) is 5.92 Å². The smallest absolute Gasteiger partial charge is 0.265 e. The molecule has 0 radical (unpaired) electrons. The van der Waals surface area contributed by atoms with E-state index in [9.17, 15) is 18.0 Å². The molecule has 3 aromatic carbocycles. The third-order valence-corrected chi connectivity index (χ3v) is 8.99. The number of hydrogen-bond acceptors (Lipinski definition) is 7. The van der Waals surface area contributed by atoms with Gasteiger partial charge in [0.2, 0.25) is 11.8 Å². The van der Waals surface area contributed by atoms with E-state index in [0.29, 0.717) is 22.9 Å². The van der Waals surface area contributed by atoms with Crippen molar-refractivity contribution in [1.82, 2.24) is 10.2 Å². The Morgan fingerprint density at radius 2 is 1.41 bits per heavy atom. The third-order valence-electron chi connectivity index (χ3n) is 6.75. The summed E-state index contributed by atoms with van der Waals surface area (Å²) in [6.45, 7) is 5.25. The summed E-state index contributed by atoms with van der Waals surface area (Å²) in [6, 6.07) is 14.4. The van der Waals surface area contributed by atoms with E-state index in [4.69, 9.17) is 37.4 Å². The Morgan fingerprint density at radius 1 is 0.818 bits per heavy atom. The molecule has 44 heavy (non-hydrogen) atoms. The first kappa shape index (κ1) is 34.8. The van der Waals surface area contributed by atoms with Gasteiger partial charge in [0, 0.05) is 29.2 Å². The predicted molar refractivity (Wildman–Crippen MR) is 171 cm³/mol. The lowest BCUT2D eigenvalue weighted by Gasteiger charge is -2.32. The summed E-state index contributed by atoms with van der Waals surface area (Å²) in [7, 11) is -0.246. The van der Waals surface area contributed by atoms with E-state index in [1.54, 1.807) is 37.3 Å². The van der Waals surface area contributed by atoms with Crippen LogP contribution >= 0.6 is 23.2 Å². The molecule has 0 aliphatic rings. The Balaban J connectivity index is 2.13. The number of amides is 2. The molecule has 0 heterocycles. The maximum absolute atomic E-state index is 14.3. The van der Waals surface area contributed by atoms with E-state index in [0.717, 1.165) is 4.31 Å². The summed E-state index contributed by atoms with van der Waals surface area (Å²) in [5.41, 5.74) is 0.729. The van der Waals surface area contributed by atoms with Crippen LogP contribution in [0.2, 0.25) is 10.0 Å². The lowest BCUT2D eigenvalue weighted by molar-refractivity contribution is -0.139. The summed E-state index contributed by atoms with van der Waals surface area (Å²) in [6.07, 6.45) is 0. The van der Waals surface area contributed by atoms with Gasteiger partial charge in [0.05, 0.1) is 31.9 Å². The van der Waals surface area contributed by atoms with Crippen LogP contribution in [0.5, 0.6) is 17.2 Å². The van der Waals surface area contributed by atoms with Crippen molar-refractivity contribution >= 4 is 50.7 Å². The molecule has 0 bridgehead atoms. The number of rotatable bonds is 14. The molecule has 0 saturated carbocycles. The van der Waals surface area contributed by atoms with Gasteiger partial charge in [-0.3, -0.25) is 13.9 Å². The Morgan fingerprint density at radius 3 is 2.00 bits per heavy atom. The van der Waals surface area contributed by atoms with Gasteiger partial charge in [-0.15, -0.1) is 0 Å². The second-order valence-electron chi connectivity index (χ2n) is 10.3. The van der Waals surface area contributed by atoms with E-state index < -0.39 is 28.5 Å². The third kappa shape index (κ3) is 8.49. The number of carbonyl (C=O) groups excluding carboxylic acids is 2. The number of ether oxygens (including phenoxy) is 3. The lowest BCUT2D eigenvalue weighted by atomic mass is 10.1. The highest BCUT2D eigenvalue weighted by molar-refractivity contribution is 7.92. The SMILES string of the molecule is COc1ccc(S(=O)(=O)N(CC(=O)N(Cc2ccc(Cl)cc2)[C@H](C)C(=O)NCC(C)C)c2cc(Cl)ccc2OC)cc1OC. The van der Waals surface area contributed by atoms with Crippen LogP contribution in [0.1, 0.15) is 26.3 Å². The van der Waals surface area contributed by atoms with Gasteiger partial charge in [-0.1, -0.05) is 49.2 Å². The molecule has 1 N–H and O–H groups in total. The van der Waals surface area contributed by atoms with Crippen LogP contribution in [-0.4, -0.2) is 65.6 Å². The number of benzene rings is 3. The van der Waals surface area contributed by atoms with E-state index in [2.05, 4.69) is 5.32 Å². The van der Waals surface area contributed by atoms with Crippen molar-refractivity contribution < 1.29 is 32.2 Å². The molecule has 13 heteroatoms. The molecule has 3 rings (SSSR count).